The first-order valence-corrected chi connectivity index (χ1v) is 8.10. The van der Waals surface area contributed by atoms with Gasteiger partial charge in [-0.1, -0.05) is 12.8 Å². The van der Waals surface area contributed by atoms with E-state index in [1.807, 2.05) is 6.92 Å². The minimum absolute atomic E-state index is 0.0118. The Hall–Kier alpha value is -1.79. The molecule has 0 aromatic carbocycles. The zero-order chi connectivity index (χ0) is 16.1. The van der Waals surface area contributed by atoms with E-state index in [1.165, 1.54) is 0 Å². The molecule has 1 heterocycles. The molecule has 0 radical (unpaired) electrons. The van der Waals surface area contributed by atoms with Crippen LogP contribution in [0.3, 0.4) is 0 Å². The lowest BCUT2D eigenvalue weighted by Crippen LogP contribution is -2.69. The summed E-state index contributed by atoms with van der Waals surface area (Å²) in [7, 11) is 0. The molecule has 0 aromatic heterocycles. The van der Waals surface area contributed by atoms with Gasteiger partial charge in [-0.05, 0) is 26.7 Å². The molecule has 0 spiro atoms. The van der Waals surface area contributed by atoms with E-state index in [-0.39, 0.29) is 37.0 Å². The van der Waals surface area contributed by atoms with Crippen LogP contribution in [0, 0.1) is 0 Å². The molecule has 2 aliphatic rings. The van der Waals surface area contributed by atoms with Crippen LogP contribution < -0.4 is 10.6 Å². The summed E-state index contributed by atoms with van der Waals surface area (Å²) in [4.78, 5) is 38.2. The van der Waals surface area contributed by atoms with Crippen molar-refractivity contribution in [3.8, 4) is 0 Å². The van der Waals surface area contributed by atoms with Crippen molar-refractivity contribution in [2.45, 2.75) is 64.1 Å². The maximum Gasteiger partial charge on any atom is 0.318 e. The van der Waals surface area contributed by atoms with Crippen LogP contribution >= 0.6 is 0 Å². The molecule has 124 valence electrons. The van der Waals surface area contributed by atoms with Crippen molar-refractivity contribution >= 4 is 17.9 Å². The summed E-state index contributed by atoms with van der Waals surface area (Å²) in [5, 5.41) is 5.73. The fourth-order valence-corrected chi connectivity index (χ4v) is 3.35. The van der Waals surface area contributed by atoms with E-state index in [4.69, 9.17) is 4.74 Å². The number of rotatable bonds is 4. The Bertz CT molecular complexity index is 441. The number of urea groups is 1. The maximum atomic E-state index is 12.4. The van der Waals surface area contributed by atoms with E-state index in [2.05, 4.69) is 10.6 Å². The second-order valence-corrected chi connectivity index (χ2v) is 5.73. The Labute approximate surface area is 130 Å². The molecule has 3 amide bonds. The third-order valence-electron chi connectivity index (χ3n) is 4.28. The largest absolute Gasteiger partial charge is 0.466 e. The highest BCUT2D eigenvalue weighted by Crippen LogP contribution is 2.29. The predicted octanol–water partition coefficient (Wildman–Crippen LogP) is 0.781. The van der Waals surface area contributed by atoms with Crippen molar-refractivity contribution in [1.82, 2.24) is 15.5 Å². The van der Waals surface area contributed by atoms with Gasteiger partial charge in [-0.2, -0.15) is 0 Å². The number of carbonyl (C=O) groups excluding carboxylic acids is 3. The standard InChI is InChI=1S/C15H25N3O4/c1-3-16-15(21)18-11-8-6-5-7-10(11)17-14(20)12(18)9-13(19)22-4-2/h10-12H,3-9H2,1-2H3,(H,16,21)(H,17,20)/t10-,11-,12-/m1/s1. The van der Waals surface area contributed by atoms with Crippen molar-refractivity contribution in [2.75, 3.05) is 13.2 Å². The first-order chi connectivity index (χ1) is 10.6. The second kappa shape index (κ2) is 7.47. The smallest absolute Gasteiger partial charge is 0.318 e. The molecule has 1 saturated heterocycles. The molecular formula is C15H25N3O4. The Morgan fingerprint density at radius 2 is 2.05 bits per heavy atom. The van der Waals surface area contributed by atoms with Crippen LogP contribution in [-0.2, 0) is 14.3 Å². The van der Waals surface area contributed by atoms with Crippen LogP contribution in [0.4, 0.5) is 4.79 Å². The zero-order valence-corrected chi connectivity index (χ0v) is 13.3. The normalized spacial score (nSPS) is 27.6. The highest BCUT2D eigenvalue weighted by Gasteiger charge is 2.45. The van der Waals surface area contributed by atoms with Gasteiger partial charge in [0, 0.05) is 12.6 Å². The summed E-state index contributed by atoms with van der Waals surface area (Å²) in [6.07, 6.45) is 3.70. The Morgan fingerprint density at radius 3 is 2.73 bits per heavy atom. The number of ether oxygens (including phenoxy) is 1. The van der Waals surface area contributed by atoms with Crippen LogP contribution in [0.25, 0.3) is 0 Å². The van der Waals surface area contributed by atoms with Crippen LogP contribution in [0.5, 0.6) is 0 Å². The SMILES string of the molecule is CCNC(=O)N1[C@H](CC(=O)OCC)C(=O)N[C@@H]2CCCC[C@H]21. The first kappa shape index (κ1) is 16.6. The van der Waals surface area contributed by atoms with E-state index >= 15 is 0 Å². The molecule has 2 rings (SSSR count). The molecule has 7 nitrogen and oxygen atoms in total. The summed E-state index contributed by atoms with van der Waals surface area (Å²) in [6.45, 7) is 4.30. The highest BCUT2D eigenvalue weighted by molar-refractivity contribution is 5.92. The minimum Gasteiger partial charge on any atom is -0.466 e. The van der Waals surface area contributed by atoms with Crippen molar-refractivity contribution < 1.29 is 19.1 Å². The molecule has 2 N–H and O–H groups in total. The van der Waals surface area contributed by atoms with E-state index < -0.39 is 12.0 Å². The number of nitrogens with one attached hydrogen (secondary N) is 2. The molecule has 7 heteroatoms. The average molecular weight is 311 g/mol. The predicted molar refractivity (Wildman–Crippen MR) is 80.1 cm³/mol. The fraction of sp³-hybridized carbons (Fsp3) is 0.800. The average Bonchev–Trinajstić information content (AvgIpc) is 2.48. The van der Waals surface area contributed by atoms with Crippen LogP contribution in [0.2, 0.25) is 0 Å². The second-order valence-electron chi connectivity index (χ2n) is 5.73. The quantitative estimate of drug-likeness (QED) is 0.751. The van der Waals surface area contributed by atoms with Gasteiger partial charge in [0.15, 0.2) is 0 Å². The zero-order valence-electron chi connectivity index (χ0n) is 13.3. The molecule has 0 unspecified atom stereocenters. The number of carbonyl (C=O) groups is 3. The van der Waals surface area contributed by atoms with Gasteiger partial charge in [-0.25, -0.2) is 4.79 Å². The van der Waals surface area contributed by atoms with Gasteiger partial charge in [0.05, 0.1) is 19.1 Å². The third-order valence-corrected chi connectivity index (χ3v) is 4.28. The number of fused-ring (bicyclic) bond motifs is 1. The molecule has 0 aromatic rings. The number of esters is 1. The summed E-state index contributed by atoms with van der Waals surface area (Å²) < 4.78 is 4.94. The molecule has 0 bridgehead atoms. The molecule has 1 aliphatic carbocycles. The lowest BCUT2D eigenvalue weighted by molar-refractivity contribution is -0.148. The van der Waals surface area contributed by atoms with Crippen molar-refractivity contribution in [3.63, 3.8) is 0 Å². The summed E-state index contributed by atoms with van der Waals surface area (Å²) >= 11 is 0. The maximum absolute atomic E-state index is 12.4. The molecule has 2 fully saturated rings. The van der Waals surface area contributed by atoms with Crippen molar-refractivity contribution in [2.24, 2.45) is 0 Å². The van der Waals surface area contributed by atoms with Crippen molar-refractivity contribution in [1.29, 1.82) is 0 Å². The van der Waals surface area contributed by atoms with Gasteiger partial charge in [-0.15, -0.1) is 0 Å². The van der Waals surface area contributed by atoms with E-state index in [0.717, 1.165) is 25.7 Å². The van der Waals surface area contributed by atoms with Gasteiger partial charge in [-0.3, -0.25) is 9.59 Å². The van der Waals surface area contributed by atoms with Crippen LogP contribution in [0.1, 0.15) is 46.0 Å². The Balaban J connectivity index is 2.20. The number of hydrogen-bond acceptors (Lipinski definition) is 4. The van der Waals surface area contributed by atoms with Gasteiger partial charge in [0.1, 0.15) is 6.04 Å². The number of piperazine rings is 1. The van der Waals surface area contributed by atoms with Gasteiger partial charge < -0.3 is 20.3 Å². The van der Waals surface area contributed by atoms with E-state index in [1.54, 1.807) is 11.8 Å². The fourth-order valence-electron chi connectivity index (χ4n) is 3.35. The molecule has 1 aliphatic heterocycles. The summed E-state index contributed by atoms with van der Waals surface area (Å²) in [5.74, 6) is -0.714. The topological polar surface area (TPSA) is 87.7 Å². The minimum atomic E-state index is -0.787. The monoisotopic (exact) mass is 311 g/mol. The first-order valence-electron chi connectivity index (χ1n) is 8.10. The van der Waals surface area contributed by atoms with Gasteiger partial charge in [0.2, 0.25) is 5.91 Å². The van der Waals surface area contributed by atoms with Crippen LogP contribution in [0.15, 0.2) is 0 Å². The molecule has 1 saturated carbocycles. The van der Waals surface area contributed by atoms with Crippen LogP contribution in [-0.4, -0.2) is 54.1 Å². The lowest BCUT2D eigenvalue weighted by atomic mass is 9.85. The summed E-state index contributed by atoms with van der Waals surface area (Å²) in [5.41, 5.74) is 0. The number of hydrogen-bond donors (Lipinski definition) is 2. The Morgan fingerprint density at radius 1 is 1.32 bits per heavy atom. The highest BCUT2D eigenvalue weighted by atomic mass is 16.5. The number of amides is 3. The van der Waals surface area contributed by atoms with E-state index in [9.17, 15) is 14.4 Å². The molecule has 3 atom stereocenters. The van der Waals surface area contributed by atoms with Crippen molar-refractivity contribution in [3.05, 3.63) is 0 Å². The molecular weight excluding hydrogens is 286 g/mol. The lowest BCUT2D eigenvalue weighted by Gasteiger charge is -2.47. The van der Waals surface area contributed by atoms with Gasteiger partial charge in [0.25, 0.3) is 0 Å². The number of nitrogens with zero attached hydrogens (tertiary/aromatic N) is 1. The molecule has 22 heavy (non-hydrogen) atoms. The van der Waals surface area contributed by atoms with E-state index in [0.29, 0.717) is 6.54 Å². The third kappa shape index (κ3) is 3.51. The Kier molecular flexibility index (Phi) is 5.63. The van der Waals surface area contributed by atoms with Gasteiger partial charge >= 0.3 is 12.0 Å². The summed E-state index contributed by atoms with van der Waals surface area (Å²) in [6, 6.07) is -1.12.